The van der Waals surface area contributed by atoms with Gasteiger partial charge in [-0.1, -0.05) is 18.2 Å². The average molecular weight is 246 g/mol. The zero-order valence-electron chi connectivity index (χ0n) is 10.9. The topological polar surface area (TPSA) is 55.1 Å². The molecule has 1 aliphatic rings. The molecule has 3 nitrogen and oxygen atoms in total. The van der Waals surface area contributed by atoms with Crippen LogP contribution in [0.25, 0.3) is 0 Å². The summed E-state index contributed by atoms with van der Waals surface area (Å²) in [5, 5.41) is 2.89. The van der Waals surface area contributed by atoms with E-state index in [4.69, 9.17) is 5.73 Å². The Morgan fingerprint density at radius 3 is 2.78 bits per heavy atom. The second-order valence-electron chi connectivity index (χ2n) is 4.98. The van der Waals surface area contributed by atoms with E-state index in [0.717, 1.165) is 18.4 Å². The van der Waals surface area contributed by atoms with Gasteiger partial charge < -0.3 is 11.1 Å². The number of hydrogen-bond acceptors (Lipinski definition) is 2. The molecular weight excluding hydrogens is 224 g/mol. The van der Waals surface area contributed by atoms with Crippen LogP contribution in [0.4, 0.5) is 0 Å². The predicted molar refractivity (Wildman–Crippen MR) is 73.5 cm³/mol. The van der Waals surface area contributed by atoms with Gasteiger partial charge in [-0.3, -0.25) is 4.79 Å². The van der Waals surface area contributed by atoms with Gasteiger partial charge >= 0.3 is 0 Å². The van der Waals surface area contributed by atoms with Crippen LogP contribution in [-0.4, -0.2) is 19.0 Å². The number of amides is 1. The molecule has 0 saturated heterocycles. The first kappa shape index (κ1) is 13.1. The lowest BCUT2D eigenvalue weighted by molar-refractivity contribution is -0.120. The van der Waals surface area contributed by atoms with Gasteiger partial charge in [0.15, 0.2) is 0 Å². The summed E-state index contributed by atoms with van der Waals surface area (Å²) in [6, 6.07) is 6.49. The van der Waals surface area contributed by atoms with Crippen molar-refractivity contribution in [1.82, 2.24) is 5.32 Å². The van der Waals surface area contributed by atoms with Gasteiger partial charge in [0, 0.05) is 6.54 Å². The van der Waals surface area contributed by atoms with Gasteiger partial charge in [-0.25, -0.2) is 0 Å². The van der Waals surface area contributed by atoms with E-state index >= 15 is 0 Å². The number of carbonyl (C=O) groups excluding carboxylic acids is 1. The standard InChI is InChI=1S/C15H22N2O/c16-8-3-9-17-15(18)11-12-6-7-13-4-1-2-5-14(13)10-12/h6-7,10H,1-5,8-9,11,16H2,(H,17,18). The van der Waals surface area contributed by atoms with Crippen molar-refractivity contribution in [3.05, 3.63) is 34.9 Å². The minimum absolute atomic E-state index is 0.0965. The van der Waals surface area contributed by atoms with E-state index in [2.05, 4.69) is 23.5 Å². The number of carbonyl (C=O) groups is 1. The Morgan fingerprint density at radius 2 is 2.00 bits per heavy atom. The molecule has 18 heavy (non-hydrogen) atoms. The van der Waals surface area contributed by atoms with E-state index < -0.39 is 0 Å². The van der Waals surface area contributed by atoms with Crippen LogP contribution in [0.3, 0.4) is 0 Å². The molecule has 0 bridgehead atoms. The Morgan fingerprint density at radius 1 is 1.22 bits per heavy atom. The summed E-state index contributed by atoms with van der Waals surface area (Å²) in [7, 11) is 0. The van der Waals surface area contributed by atoms with Gasteiger partial charge in [0.05, 0.1) is 6.42 Å². The van der Waals surface area contributed by atoms with Crippen molar-refractivity contribution >= 4 is 5.91 Å². The number of fused-ring (bicyclic) bond motifs is 1. The van der Waals surface area contributed by atoms with Crippen molar-refractivity contribution in [3.63, 3.8) is 0 Å². The molecule has 0 aromatic heterocycles. The predicted octanol–water partition coefficient (Wildman–Crippen LogP) is 1.57. The molecule has 1 aromatic carbocycles. The molecule has 0 radical (unpaired) electrons. The summed E-state index contributed by atoms with van der Waals surface area (Å²) in [4.78, 5) is 11.7. The Kier molecular flexibility index (Phi) is 4.76. The van der Waals surface area contributed by atoms with Crippen molar-refractivity contribution in [2.24, 2.45) is 5.73 Å². The summed E-state index contributed by atoms with van der Waals surface area (Å²) in [5.74, 6) is 0.0965. The minimum atomic E-state index is 0.0965. The smallest absolute Gasteiger partial charge is 0.224 e. The average Bonchev–Trinajstić information content (AvgIpc) is 2.39. The molecule has 0 fully saturated rings. The van der Waals surface area contributed by atoms with Crippen LogP contribution in [0.15, 0.2) is 18.2 Å². The maximum Gasteiger partial charge on any atom is 0.224 e. The first-order valence-electron chi connectivity index (χ1n) is 6.87. The van der Waals surface area contributed by atoms with Gasteiger partial charge in [-0.15, -0.1) is 0 Å². The highest BCUT2D eigenvalue weighted by atomic mass is 16.1. The summed E-state index contributed by atoms with van der Waals surface area (Å²) in [6.07, 6.45) is 6.26. The molecule has 0 atom stereocenters. The van der Waals surface area contributed by atoms with Crippen LogP contribution in [0.2, 0.25) is 0 Å². The van der Waals surface area contributed by atoms with Crippen LogP contribution in [-0.2, 0) is 24.1 Å². The molecule has 1 amide bonds. The van der Waals surface area contributed by atoms with Gasteiger partial charge in [-0.05, 0) is 55.3 Å². The van der Waals surface area contributed by atoms with Crippen molar-refractivity contribution in [2.45, 2.75) is 38.5 Å². The number of hydrogen-bond donors (Lipinski definition) is 2. The Labute approximate surface area is 109 Å². The Balaban J connectivity index is 1.91. The number of nitrogens with one attached hydrogen (secondary N) is 1. The normalized spacial score (nSPS) is 14.1. The number of aryl methyl sites for hydroxylation is 2. The Hall–Kier alpha value is -1.35. The van der Waals surface area contributed by atoms with E-state index in [9.17, 15) is 4.79 Å². The molecule has 1 aromatic rings. The fourth-order valence-electron chi connectivity index (χ4n) is 2.47. The molecule has 0 aliphatic heterocycles. The first-order chi connectivity index (χ1) is 8.79. The third-order valence-corrected chi connectivity index (χ3v) is 3.48. The summed E-state index contributed by atoms with van der Waals surface area (Å²) in [5.41, 5.74) is 9.42. The molecule has 3 heteroatoms. The van der Waals surface area contributed by atoms with Crippen LogP contribution in [0.1, 0.15) is 36.0 Å². The van der Waals surface area contributed by atoms with Crippen molar-refractivity contribution in [1.29, 1.82) is 0 Å². The molecular formula is C15H22N2O. The molecule has 0 saturated carbocycles. The third kappa shape index (κ3) is 3.57. The molecule has 3 N–H and O–H groups in total. The zero-order valence-corrected chi connectivity index (χ0v) is 10.9. The molecule has 98 valence electrons. The molecule has 2 rings (SSSR count). The lowest BCUT2D eigenvalue weighted by Gasteiger charge is -2.16. The second-order valence-corrected chi connectivity index (χ2v) is 4.98. The van der Waals surface area contributed by atoms with Gasteiger partial charge in [0.1, 0.15) is 0 Å². The summed E-state index contributed by atoms with van der Waals surface area (Å²) >= 11 is 0. The molecule has 1 aliphatic carbocycles. The first-order valence-corrected chi connectivity index (χ1v) is 6.87. The maximum absolute atomic E-state index is 11.7. The second kappa shape index (κ2) is 6.55. The van der Waals surface area contributed by atoms with Gasteiger partial charge in [-0.2, -0.15) is 0 Å². The lowest BCUT2D eigenvalue weighted by atomic mass is 9.90. The van der Waals surface area contributed by atoms with Gasteiger partial charge in [0.2, 0.25) is 5.91 Å². The van der Waals surface area contributed by atoms with Crippen LogP contribution < -0.4 is 11.1 Å². The SMILES string of the molecule is NCCCNC(=O)Cc1ccc2c(c1)CCCC2. The fraction of sp³-hybridized carbons (Fsp3) is 0.533. The summed E-state index contributed by atoms with van der Waals surface area (Å²) < 4.78 is 0. The summed E-state index contributed by atoms with van der Waals surface area (Å²) in [6.45, 7) is 1.30. The van der Waals surface area contributed by atoms with Crippen molar-refractivity contribution < 1.29 is 4.79 Å². The zero-order chi connectivity index (χ0) is 12.8. The van der Waals surface area contributed by atoms with E-state index in [0.29, 0.717) is 19.5 Å². The van der Waals surface area contributed by atoms with Crippen molar-refractivity contribution in [2.75, 3.05) is 13.1 Å². The minimum Gasteiger partial charge on any atom is -0.356 e. The largest absolute Gasteiger partial charge is 0.356 e. The highest BCUT2D eigenvalue weighted by Gasteiger charge is 2.10. The molecule has 0 unspecified atom stereocenters. The third-order valence-electron chi connectivity index (χ3n) is 3.48. The quantitative estimate of drug-likeness (QED) is 0.775. The fourth-order valence-corrected chi connectivity index (χ4v) is 2.47. The van der Waals surface area contributed by atoms with Crippen LogP contribution >= 0.6 is 0 Å². The Bertz CT molecular complexity index is 415. The van der Waals surface area contributed by atoms with E-state index in [1.165, 1.54) is 30.4 Å². The van der Waals surface area contributed by atoms with Crippen LogP contribution in [0, 0.1) is 0 Å². The maximum atomic E-state index is 11.7. The number of rotatable bonds is 5. The monoisotopic (exact) mass is 246 g/mol. The van der Waals surface area contributed by atoms with Gasteiger partial charge in [0.25, 0.3) is 0 Å². The molecule has 0 spiro atoms. The number of benzene rings is 1. The van der Waals surface area contributed by atoms with Crippen LogP contribution in [0.5, 0.6) is 0 Å². The van der Waals surface area contributed by atoms with E-state index in [1.54, 1.807) is 0 Å². The van der Waals surface area contributed by atoms with Crippen molar-refractivity contribution in [3.8, 4) is 0 Å². The highest BCUT2D eigenvalue weighted by molar-refractivity contribution is 5.78. The molecule has 0 heterocycles. The highest BCUT2D eigenvalue weighted by Crippen LogP contribution is 2.22. The van der Waals surface area contributed by atoms with E-state index in [1.807, 2.05) is 0 Å². The lowest BCUT2D eigenvalue weighted by Crippen LogP contribution is -2.27. The number of nitrogens with two attached hydrogens (primary N) is 1. The van der Waals surface area contributed by atoms with E-state index in [-0.39, 0.29) is 5.91 Å².